The summed E-state index contributed by atoms with van der Waals surface area (Å²) in [6.45, 7) is 2.02. The summed E-state index contributed by atoms with van der Waals surface area (Å²) in [6.07, 6.45) is 1.65. The van der Waals surface area contributed by atoms with Gasteiger partial charge in [-0.3, -0.25) is 4.79 Å². The zero-order chi connectivity index (χ0) is 22.5. The molecule has 1 N–H and O–H groups in total. The van der Waals surface area contributed by atoms with E-state index in [9.17, 15) is 13.6 Å². The normalized spacial score (nSPS) is 16.0. The van der Waals surface area contributed by atoms with E-state index in [4.69, 9.17) is 5.26 Å². The first-order valence-electron chi connectivity index (χ1n) is 10.4. The van der Waals surface area contributed by atoms with Crippen LogP contribution in [0.4, 0.5) is 8.78 Å². The van der Waals surface area contributed by atoms with Gasteiger partial charge in [-0.05, 0) is 35.7 Å². The molecule has 4 rings (SSSR count). The number of nitriles is 1. The Kier molecular flexibility index (Phi) is 6.57. The summed E-state index contributed by atoms with van der Waals surface area (Å²) in [4.78, 5) is 18.7. The molecule has 1 fully saturated rings. The molecule has 0 radical (unpaired) electrons. The summed E-state index contributed by atoms with van der Waals surface area (Å²) in [6, 6.07) is 15.4. The van der Waals surface area contributed by atoms with E-state index in [1.165, 1.54) is 12.1 Å². The van der Waals surface area contributed by atoms with Crippen LogP contribution in [0.1, 0.15) is 40.8 Å². The third kappa shape index (κ3) is 5.01. The van der Waals surface area contributed by atoms with E-state index in [0.717, 1.165) is 11.3 Å². The maximum atomic E-state index is 12.9. The highest BCUT2D eigenvalue weighted by Crippen LogP contribution is 2.22. The number of rotatable bonds is 8. The molecular formula is C24H23F2N5O. The molecule has 0 bridgehead atoms. The lowest BCUT2D eigenvalue weighted by atomic mass is 10.1. The third-order valence-electron chi connectivity index (χ3n) is 5.64. The molecule has 1 amide bonds. The van der Waals surface area contributed by atoms with Gasteiger partial charge in [-0.15, -0.1) is 0 Å². The van der Waals surface area contributed by atoms with Crippen molar-refractivity contribution < 1.29 is 13.6 Å². The molecule has 1 aliphatic heterocycles. The molecule has 6 nitrogen and oxygen atoms in total. The summed E-state index contributed by atoms with van der Waals surface area (Å²) in [7, 11) is 0. The number of alkyl halides is 2. The fourth-order valence-corrected chi connectivity index (χ4v) is 3.88. The fraction of sp³-hybridized carbons (Fsp3) is 0.292. The molecule has 1 aromatic heterocycles. The van der Waals surface area contributed by atoms with Crippen molar-refractivity contribution in [3.63, 3.8) is 0 Å². The third-order valence-corrected chi connectivity index (χ3v) is 5.64. The first-order valence-corrected chi connectivity index (χ1v) is 10.4. The van der Waals surface area contributed by atoms with Crippen LogP contribution in [-0.2, 0) is 24.4 Å². The molecule has 2 heterocycles. The van der Waals surface area contributed by atoms with E-state index in [-0.39, 0.29) is 17.5 Å². The first kappa shape index (κ1) is 21.7. The van der Waals surface area contributed by atoms with Gasteiger partial charge < -0.3 is 14.8 Å². The number of nitrogens with one attached hydrogen (secondary N) is 1. The molecule has 3 aromatic rings. The lowest BCUT2D eigenvalue weighted by molar-refractivity contribution is -0.129. The number of carbonyl (C=O) groups is 1. The number of hydrogen-bond donors (Lipinski definition) is 1. The smallest absolute Gasteiger partial charge is 0.263 e. The van der Waals surface area contributed by atoms with E-state index in [2.05, 4.69) is 16.4 Å². The monoisotopic (exact) mass is 435 g/mol. The van der Waals surface area contributed by atoms with Crippen LogP contribution in [0.25, 0.3) is 0 Å². The highest BCUT2D eigenvalue weighted by Gasteiger charge is 2.31. The Bertz CT molecular complexity index is 1120. The number of carbonyl (C=O) groups excluding carboxylic acids is 1. The van der Waals surface area contributed by atoms with E-state index in [1.807, 2.05) is 16.7 Å². The Labute approximate surface area is 185 Å². The average molecular weight is 435 g/mol. The zero-order valence-electron chi connectivity index (χ0n) is 17.4. The predicted molar refractivity (Wildman–Crippen MR) is 115 cm³/mol. The molecule has 0 aliphatic carbocycles. The van der Waals surface area contributed by atoms with Gasteiger partial charge in [0.15, 0.2) is 0 Å². The van der Waals surface area contributed by atoms with Crippen LogP contribution >= 0.6 is 0 Å². The second kappa shape index (κ2) is 9.71. The SMILES string of the molecule is N#Cc1ccc(Cn2cncc2CN[C@H]2CCN(Cc3cccc(C(F)F)c3)C2=O)cc1. The van der Waals surface area contributed by atoms with E-state index >= 15 is 0 Å². The van der Waals surface area contributed by atoms with Gasteiger partial charge in [0.2, 0.25) is 5.91 Å². The standard InChI is InChI=1S/C24H23F2N5O/c25-23(26)20-3-1-2-19(10-20)15-30-9-8-22(24(30)32)29-13-21-12-28-16-31(21)14-18-6-4-17(11-27)5-7-18/h1-7,10,12,16,22-23,29H,8-9,13-15H2/t22-/m0/s1. The second-order valence-electron chi connectivity index (χ2n) is 7.85. The molecular weight excluding hydrogens is 412 g/mol. The number of hydrogen-bond acceptors (Lipinski definition) is 4. The largest absolute Gasteiger partial charge is 0.337 e. The summed E-state index contributed by atoms with van der Waals surface area (Å²) < 4.78 is 27.9. The van der Waals surface area contributed by atoms with Crippen molar-refractivity contribution in [2.75, 3.05) is 6.54 Å². The molecule has 0 saturated carbocycles. The second-order valence-corrected chi connectivity index (χ2v) is 7.85. The molecule has 1 atom stereocenters. The van der Waals surface area contributed by atoms with Gasteiger partial charge in [0.25, 0.3) is 6.43 Å². The van der Waals surface area contributed by atoms with Gasteiger partial charge in [-0.25, -0.2) is 13.8 Å². The van der Waals surface area contributed by atoms with Gasteiger partial charge in [0.1, 0.15) is 0 Å². The van der Waals surface area contributed by atoms with Gasteiger partial charge >= 0.3 is 0 Å². The molecule has 2 aromatic carbocycles. The topological polar surface area (TPSA) is 74.0 Å². The van der Waals surface area contributed by atoms with Crippen molar-refractivity contribution in [3.8, 4) is 6.07 Å². The number of amides is 1. The Hall–Kier alpha value is -3.57. The number of aromatic nitrogens is 2. The maximum Gasteiger partial charge on any atom is 0.263 e. The Morgan fingerprint density at radius 2 is 1.97 bits per heavy atom. The number of imidazole rings is 1. The maximum absolute atomic E-state index is 12.9. The van der Waals surface area contributed by atoms with Crippen molar-refractivity contribution in [2.24, 2.45) is 0 Å². The van der Waals surface area contributed by atoms with Gasteiger partial charge in [0, 0.05) is 37.9 Å². The van der Waals surface area contributed by atoms with Crippen LogP contribution in [0, 0.1) is 11.3 Å². The van der Waals surface area contributed by atoms with E-state index < -0.39 is 6.43 Å². The molecule has 1 saturated heterocycles. The molecule has 1 aliphatic rings. The highest BCUT2D eigenvalue weighted by molar-refractivity contribution is 5.83. The minimum atomic E-state index is -2.52. The Morgan fingerprint density at radius 3 is 2.72 bits per heavy atom. The van der Waals surface area contributed by atoms with Crippen LogP contribution in [0.5, 0.6) is 0 Å². The van der Waals surface area contributed by atoms with Crippen molar-refractivity contribution >= 4 is 5.91 Å². The van der Waals surface area contributed by atoms with E-state index in [0.29, 0.717) is 43.7 Å². The number of halogens is 2. The van der Waals surface area contributed by atoms with Crippen molar-refractivity contribution in [3.05, 3.63) is 89.0 Å². The minimum absolute atomic E-state index is 0.0226. The Balaban J connectivity index is 1.33. The van der Waals surface area contributed by atoms with Crippen LogP contribution in [-0.4, -0.2) is 32.9 Å². The van der Waals surface area contributed by atoms with Crippen molar-refractivity contribution in [1.82, 2.24) is 19.8 Å². The summed E-state index contributed by atoms with van der Waals surface area (Å²) >= 11 is 0. The summed E-state index contributed by atoms with van der Waals surface area (Å²) in [5.74, 6) is -0.0226. The van der Waals surface area contributed by atoms with Crippen LogP contribution in [0.15, 0.2) is 61.1 Å². The zero-order valence-corrected chi connectivity index (χ0v) is 17.4. The number of nitrogens with zero attached hydrogens (tertiary/aromatic N) is 4. The van der Waals surface area contributed by atoms with Gasteiger partial charge in [-0.1, -0.05) is 30.3 Å². The fourth-order valence-electron chi connectivity index (χ4n) is 3.88. The number of benzene rings is 2. The van der Waals surface area contributed by atoms with Crippen LogP contribution in [0.2, 0.25) is 0 Å². The molecule has 8 heteroatoms. The predicted octanol–water partition coefficient (Wildman–Crippen LogP) is 3.63. The van der Waals surface area contributed by atoms with Crippen molar-refractivity contribution in [1.29, 1.82) is 5.26 Å². The van der Waals surface area contributed by atoms with Crippen LogP contribution in [0.3, 0.4) is 0 Å². The Morgan fingerprint density at radius 1 is 1.16 bits per heavy atom. The van der Waals surface area contributed by atoms with Gasteiger partial charge in [-0.2, -0.15) is 5.26 Å². The molecule has 164 valence electrons. The summed E-state index contributed by atoms with van der Waals surface area (Å²) in [5, 5.41) is 12.2. The summed E-state index contributed by atoms with van der Waals surface area (Å²) in [5.41, 5.74) is 3.30. The molecule has 32 heavy (non-hydrogen) atoms. The quantitative estimate of drug-likeness (QED) is 0.586. The highest BCUT2D eigenvalue weighted by atomic mass is 19.3. The molecule has 0 unspecified atom stereocenters. The van der Waals surface area contributed by atoms with E-state index in [1.54, 1.807) is 41.7 Å². The van der Waals surface area contributed by atoms with Crippen molar-refractivity contribution in [2.45, 2.75) is 38.5 Å². The van der Waals surface area contributed by atoms with Gasteiger partial charge in [0.05, 0.1) is 29.7 Å². The average Bonchev–Trinajstić information content (AvgIpc) is 3.39. The molecule has 0 spiro atoms. The number of likely N-dealkylation sites (tertiary alicyclic amines) is 1. The van der Waals surface area contributed by atoms with Crippen LogP contribution < -0.4 is 5.32 Å². The first-order chi connectivity index (χ1) is 15.5. The minimum Gasteiger partial charge on any atom is -0.337 e. The lowest BCUT2D eigenvalue weighted by Crippen LogP contribution is -2.38. The lowest BCUT2D eigenvalue weighted by Gasteiger charge is -2.18.